The smallest absolute Gasteiger partial charge is 0.271 e. The molecule has 0 unspecified atom stereocenters. The number of benzene rings is 2. The van der Waals surface area contributed by atoms with Crippen molar-refractivity contribution >= 4 is 44.9 Å². The van der Waals surface area contributed by atoms with E-state index in [2.05, 4.69) is 26.2 Å². The normalized spacial score (nSPS) is 15.4. The molecule has 5 rings (SSSR count). The number of furan rings is 1. The molecule has 0 saturated heterocycles. The second kappa shape index (κ2) is 9.75. The van der Waals surface area contributed by atoms with Crippen molar-refractivity contribution in [2.24, 2.45) is 4.99 Å². The minimum absolute atomic E-state index is 0.256. The van der Waals surface area contributed by atoms with Crippen molar-refractivity contribution in [1.82, 2.24) is 4.57 Å². The summed E-state index contributed by atoms with van der Waals surface area (Å²) in [5.74, 6) is 0.891. The van der Waals surface area contributed by atoms with E-state index < -0.39 is 6.04 Å². The zero-order valence-corrected chi connectivity index (χ0v) is 22.1. The molecule has 0 radical (unpaired) electrons. The van der Waals surface area contributed by atoms with Crippen molar-refractivity contribution in [3.8, 4) is 5.75 Å². The molecule has 1 atom stereocenters. The fraction of sp³-hybridized carbons (Fsp3) is 0.148. The molecule has 0 aliphatic carbocycles. The number of carbonyl (C=O) groups is 1. The molecule has 1 amide bonds. The number of hydrogen-bond donors (Lipinski definition) is 1. The first-order valence-electron chi connectivity index (χ1n) is 11.1. The number of hydrogen-bond acceptors (Lipinski definition) is 6. The number of ether oxygens (including phenoxy) is 1. The SMILES string of the molecule is COc1cc([C@@H]2C(C(=O)Nc3ccccc3)=C(C)N=c3s/c(=C\c4ccc(Br)o4)c(=O)n32)ccc1C. The summed E-state index contributed by atoms with van der Waals surface area (Å²) < 4.78 is 13.7. The summed E-state index contributed by atoms with van der Waals surface area (Å²) >= 11 is 4.55. The lowest BCUT2D eigenvalue weighted by atomic mass is 9.94. The van der Waals surface area contributed by atoms with Crippen molar-refractivity contribution < 1.29 is 13.9 Å². The van der Waals surface area contributed by atoms with Crippen LogP contribution in [0.5, 0.6) is 5.75 Å². The van der Waals surface area contributed by atoms with E-state index in [9.17, 15) is 9.59 Å². The molecule has 3 heterocycles. The number of nitrogens with one attached hydrogen (secondary N) is 1. The Kier molecular flexibility index (Phi) is 6.51. The highest BCUT2D eigenvalue weighted by molar-refractivity contribution is 9.10. The fourth-order valence-electron chi connectivity index (χ4n) is 4.19. The second-order valence-corrected chi connectivity index (χ2v) is 10.1. The molecule has 1 N–H and O–H groups in total. The number of nitrogens with zero attached hydrogens (tertiary/aromatic N) is 2. The van der Waals surface area contributed by atoms with E-state index in [0.29, 0.717) is 42.5 Å². The van der Waals surface area contributed by atoms with Crippen LogP contribution >= 0.6 is 27.3 Å². The largest absolute Gasteiger partial charge is 0.496 e. The van der Waals surface area contributed by atoms with Gasteiger partial charge >= 0.3 is 0 Å². The molecule has 9 heteroatoms. The summed E-state index contributed by atoms with van der Waals surface area (Å²) in [6, 6.07) is 17.8. The predicted octanol–water partition coefficient (Wildman–Crippen LogP) is 4.55. The summed E-state index contributed by atoms with van der Waals surface area (Å²) in [6.07, 6.45) is 1.68. The Bertz CT molecular complexity index is 1680. The lowest BCUT2D eigenvalue weighted by molar-refractivity contribution is -0.113. The van der Waals surface area contributed by atoms with Crippen LogP contribution < -0.4 is 24.9 Å². The van der Waals surface area contributed by atoms with Crippen molar-refractivity contribution in [3.05, 3.63) is 113 Å². The van der Waals surface area contributed by atoms with Gasteiger partial charge in [0.2, 0.25) is 0 Å². The summed E-state index contributed by atoms with van der Waals surface area (Å²) in [5, 5.41) is 2.95. The minimum Gasteiger partial charge on any atom is -0.496 e. The summed E-state index contributed by atoms with van der Waals surface area (Å²) in [5.41, 5.74) is 3.04. The maximum Gasteiger partial charge on any atom is 0.271 e. The highest BCUT2D eigenvalue weighted by Gasteiger charge is 2.33. The van der Waals surface area contributed by atoms with E-state index in [1.165, 1.54) is 11.3 Å². The maximum absolute atomic E-state index is 13.7. The zero-order valence-electron chi connectivity index (χ0n) is 19.7. The zero-order chi connectivity index (χ0) is 25.4. The number of para-hydroxylation sites is 1. The quantitative estimate of drug-likeness (QED) is 0.386. The molecule has 7 nitrogen and oxygen atoms in total. The molecule has 0 saturated carbocycles. The summed E-state index contributed by atoms with van der Waals surface area (Å²) in [4.78, 5) is 32.5. The van der Waals surface area contributed by atoms with Crippen molar-refractivity contribution in [1.29, 1.82) is 0 Å². The Labute approximate surface area is 219 Å². The predicted molar refractivity (Wildman–Crippen MR) is 143 cm³/mol. The molecular formula is C27H22BrN3O4S. The van der Waals surface area contributed by atoms with Crippen LogP contribution in [0.1, 0.15) is 29.9 Å². The summed E-state index contributed by atoms with van der Waals surface area (Å²) in [7, 11) is 1.60. The molecule has 0 bridgehead atoms. The Morgan fingerprint density at radius 1 is 1.17 bits per heavy atom. The van der Waals surface area contributed by atoms with Crippen molar-refractivity contribution in [3.63, 3.8) is 0 Å². The van der Waals surface area contributed by atoms with Gasteiger partial charge in [0.05, 0.1) is 29.0 Å². The Morgan fingerprint density at radius 2 is 1.94 bits per heavy atom. The van der Waals surface area contributed by atoms with Gasteiger partial charge in [-0.2, -0.15) is 0 Å². The third-order valence-corrected chi connectivity index (χ3v) is 7.32. The number of amides is 1. The van der Waals surface area contributed by atoms with Gasteiger partial charge in [0.25, 0.3) is 11.5 Å². The number of allylic oxidation sites excluding steroid dienone is 1. The van der Waals surface area contributed by atoms with E-state index in [1.54, 1.807) is 36.8 Å². The van der Waals surface area contributed by atoms with Gasteiger partial charge in [-0.1, -0.05) is 41.7 Å². The number of fused-ring (bicyclic) bond motifs is 1. The Balaban J connectivity index is 1.70. The van der Waals surface area contributed by atoms with Crippen LogP contribution in [0.25, 0.3) is 6.08 Å². The fourth-order valence-corrected chi connectivity index (χ4v) is 5.53. The van der Waals surface area contributed by atoms with E-state index >= 15 is 0 Å². The van der Waals surface area contributed by atoms with Gasteiger partial charge < -0.3 is 14.5 Å². The number of anilines is 1. The number of halogens is 1. The molecule has 1 aliphatic rings. The lowest BCUT2D eigenvalue weighted by Gasteiger charge is -2.26. The maximum atomic E-state index is 13.7. The highest BCUT2D eigenvalue weighted by Crippen LogP contribution is 2.33. The number of rotatable bonds is 5. The number of thiazole rings is 1. The highest BCUT2D eigenvalue weighted by atomic mass is 79.9. The molecule has 1 aliphatic heterocycles. The number of aromatic nitrogens is 1. The molecular weight excluding hydrogens is 542 g/mol. The van der Waals surface area contributed by atoms with Crippen LogP contribution in [-0.2, 0) is 4.79 Å². The molecule has 2 aromatic heterocycles. The number of carbonyl (C=O) groups excluding carboxylic acids is 1. The first-order chi connectivity index (χ1) is 17.4. The van der Waals surface area contributed by atoms with Crippen LogP contribution in [-0.4, -0.2) is 17.6 Å². The Morgan fingerprint density at radius 3 is 2.64 bits per heavy atom. The standard InChI is InChI=1S/C27H22BrN3O4S/c1-15-9-10-17(13-20(15)34-3)24-23(25(32)30-18-7-5-4-6-8-18)16(2)29-27-31(24)26(33)21(36-27)14-19-11-12-22(28)35-19/h4-14,24H,1-3H3,(H,30,32)/b21-14-/t24-/m1/s1. The monoisotopic (exact) mass is 563 g/mol. The van der Waals surface area contributed by atoms with Gasteiger partial charge in [0.1, 0.15) is 11.5 Å². The third-order valence-electron chi connectivity index (χ3n) is 5.91. The van der Waals surface area contributed by atoms with Crippen LogP contribution in [0.15, 0.2) is 90.8 Å². The van der Waals surface area contributed by atoms with Crippen molar-refractivity contribution in [2.45, 2.75) is 19.9 Å². The van der Waals surface area contributed by atoms with Gasteiger partial charge in [-0.3, -0.25) is 14.2 Å². The third kappa shape index (κ3) is 4.47. The van der Waals surface area contributed by atoms with Crippen LogP contribution in [0.4, 0.5) is 5.69 Å². The van der Waals surface area contributed by atoms with Gasteiger partial charge in [-0.15, -0.1) is 0 Å². The van der Waals surface area contributed by atoms with Gasteiger partial charge in [-0.05, 0) is 71.2 Å². The van der Waals surface area contributed by atoms with E-state index in [1.807, 2.05) is 55.5 Å². The molecule has 36 heavy (non-hydrogen) atoms. The first kappa shape index (κ1) is 24.0. The molecule has 0 spiro atoms. The average Bonchev–Trinajstić information content (AvgIpc) is 3.41. The van der Waals surface area contributed by atoms with Crippen LogP contribution in [0, 0.1) is 6.92 Å². The van der Waals surface area contributed by atoms with Crippen LogP contribution in [0.2, 0.25) is 0 Å². The van der Waals surface area contributed by atoms with Crippen molar-refractivity contribution in [2.75, 3.05) is 12.4 Å². The Hall–Kier alpha value is -3.69. The lowest BCUT2D eigenvalue weighted by Crippen LogP contribution is -2.40. The first-order valence-corrected chi connectivity index (χ1v) is 12.8. The molecule has 182 valence electrons. The van der Waals surface area contributed by atoms with Gasteiger partial charge in [0.15, 0.2) is 9.47 Å². The average molecular weight is 564 g/mol. The molecule has 2 aromatic carbocycles. The minimum atomic E-state index is -0.690. The number of aryl methyl sites for hydroxylation is 1. The topological polar surface area (TPSA) is 85.8 Å². The van der Waals surface area contributed by atoms with Gasteiger partial charge in [-0.25, -0.2) is 4.99 Å². The van der Waals surface area contributed by atoms with Gasteiger partial charge in [0, 0.05) is 11.8 Å². The van der Waals surface area contributed by atoms with Crippen LogP contribution in [0.3, 0.4) is 0 Å². The summed E-state index contributed by atoms with van der Waals surface area (Å²) in [6.45, 7) is 3.73. The van der Waals surface area contributed by atoms with E-state index in [-0.39, 0.29) is 11.5 Å². The molecule has 4 aromatic rings. The number of methoxy groups -OCH3 is 1. The molecule has 0 fully saturated rings. The second-order valence-electron chi connectivity index (χ2n) is 8.27. The van der Waals surface area contributed by atoms with E-state index in [4.69, 9.17) is 9.15 Å². The van der Waals surface area contributed by atoms with E-state index in [0.717, 1.165) is 11.1 Å².